The van der Waals surface area contributed by atoms with Crippen LogP contribution in [0.2, 0.25) is 5.15 Å². The van der Waals surface area contributed by atoms with E-state index in [1.807, 2.05) is 45.3 Å². The lowest BCUT2D eigenvalue weighted by atomic mass is 10.1. The highest BCUT2D eigenvalue weighted by Crippen LogP contribution is 2.33. The summed E-state index contributed by atoms with van der Waals surface area (Å²) in [4.78, 5) is 8.71. The highest BCUT2D eigenvalue weighted by molar-refractivity contribution is 7.17. The lowest BCUT2D eigenvalue weighted by Crippen LogP contribution is -1.83. The van der Waals surface area contributed by atoms with Gasteiger partial charge >= 0.3 is 0 Å². The number of pyridine rings is 1. The van der Waals surface area contributed by atoms with Gasteiger partial charge < -0.3 is 0 Å². The van der Waals surface area contributed by atoms with E-state index in [4.69, 9.17) is 11.6 Å². The number of thiazole rings is 1. The van der Waals surface area contributed by atoms with Crippen LogP contribution in [0.25, 0.3) is 31.9 Å². The zero-order valence-corrected chi connectivity index (χ0v) is 14.8. The molecular formula is C18H19ClN2S. The normalized spacial score (nSPS) is 10.0. The van der Waals surface area contributed by atoms with Crippen LogP contribution < -0.4 is 0 Å². The Morgan fingerprint density at radius 2 is 1.59 bits per heavy atom. The van der Waals surface area contributed by atoms with Crippen molar-refractivity contribution in [3.63, 3.8) is 0 Å². The summed E-state index contributed by atoms with van der Waals surface area (Å²) < 4.78 is 1.11. The van der Waals surface area contributed by atoms with Crippen molar-refractivity contribution in [2.45, 2.75) is 27.7 Å². The average Bonchev–Trinajstić information content (AvgIpc) is 3.08. The summed E-state index contributed by atoms with van der Waals surface area (Å²) in [6.45, 7) is 8.00. The van der Waals surface area contributed by atoms with E-state index < -0.39 is 0 Å². The third-order valence-electron chi connectivity index (χ3n) is 3.09. The number of rotatable bonds is 0. The van der Waals surface area contributed by atoms with Crippen LogP contribution in [-0.4, -0.2) is 9.97 Å². The van der Waals surface area contributed by atoms with E-state index in [0.717, 1.165) is 21.1 Å². The highest BCUT2D eigenvalue weighted by Gasteiger charge is 2.10. The summed E-state index contributed by atoms with van der Waals surface area (Å²) in [6, 6.07) is 12.5. The lowest BCUT2D eigenvalue weighted by molar-refractivity contribution is 1.40. The molecule has 2 aromatic carbocycles. The van der Waals surface area contributed by atoms with Crippen LogP contribution in [0, 0.1) is 0 Å². The van der Waals surface area contributed by atoms with Gasteiger partial charge in [-0.25, -0.2) is 9.97 Å². The molecule has 0 unspecified atom stereocenters. The van der Waals surface area contributed by atoms with Crippen LogP contribution in [0.5, 0.6) is 0 Å². The molecule has 0 saturated heterocycles. The third kappa shape index (κ3) is 2.92. The molecule has 0 fully saturated rings. The van der Waals surface area contributed by atoms with Gasteiger partial charge in [-0.1, -0.05) is 63.6 Å². The second kappa shape index (κ2) is 7.52. The summed E-state index contributed by atoms with van der Waals surface area (Å²) in [6.07, 6.45) is 0. The molecule has 0 N–H and O–H groups in total. The highest BCUT2D eigenvalue weighted by atomic mass is 35.5. The minimum absolute atomic E-state index is 0.481. The fourth-order valence-electron chi connectivity index (χ4n) is 2.25. The van der Waals surface area contributed by atoms with E-state index in [-0.39, 0.29) is 0 Å². The minimum atomic E-state index is 0.481. The van der Waals surface area contributed by atoms with Crippen molar-refractivity contribution in [2.24, 2.45) is 0 Å². The molecule has 0 amide bonds. The third-order valence-corrected chi connectivity index (χ3v) is 4.21. The standard InChI is InChI=1S/C14H7ClN2S.2C2H6/c15-14-12-13(18-7-16-12)10-5-8-3-1-2-4-9(8)6-11(10)17-14;2*1-2/h1-7H;2*1-2H3. The minimum Gasteiger partial charge on any atom is -0.241 e. The first-order valence-corrected chi connectivity index (χ1v) is 8.80. The van der Waals surface area contributed by atoms with Crippen molar-refractivity contribution < 1.29 is 0 Å². The Morgan fingerprint density at radius 1 is 0.955 bits per heavy atom. The van der Waals surface area contributed by atoms with Crippen molar-refractivity contribution in [3.05, 3.63) is 47.1 Å². The Morgan fingerprint density at radius 3 is 2.27 bits per heavy atom. The van der Waals surface area contributed by atoms with Crippen LogP contribution in [-0.2, 0) is 0 Å². The maximum absolute atomic E-state index is 6.16. The summed E-state index contributed by atoms with van der Waals surface area (Å²) >= 11 is 7.77. The SMILES string of the molecule is CC.CC.Clc1nc2cc3ccccc3cc2c2scnc12. The Hall–Kier alpha value is -1.71. The zero-order chi connectivity index (χ0) is 16.1. The van der Waals surface area contributed by atoms with E-state index in [0.29, 0.717) is 5.15 Å². The fourth-order valence-corrected chi connectivity index (χ4v) is 3.35. The van der Waals surface area contributed by atoms with E-state index >= 15 is 0 Å². The molecule has 0 spiro atoms. The van der Waals surface area contributed by atoms with Gasteiger partial charge in [-0.2, -0.15) is 0 Å². The van der Waals surface area contributed by atoms with Crippen molar-refractivity contribution in [2.75, 3.05) is 0 Å². The lowest BCUT2D eigenvalue weighted by Gasteiger charge is -2.03. The van der Waals surface area contributed by atoms with Crippen LogP contribution >= 0.6 is 22.9 Å². The molecule has 0 aliphatic carbocycles. The second-order valence-electron chi connectivity index (χ2n) is 4.15. The Balaban J connectivity index is 0.000000410. The molecule has 0 atom stereocenters. The molecule has 0 radical (unpaired) electrons. The van der Waals surface area contributed by atoms with E-state index in [1.165, 1.54) is 10.8 Å². The van der Waals surface area contributed by atoms with E-state index in [9.17, 15) is 0 Å². The quantitative estimate of drug-likeness (QED) is 0.264. The van der Waals surface area contributed by atoms with E-state index in [1.54, 1.807) is 11.3 Å². The van der Waals surface area contributed by atoms with Crippen molar-refractivity contribution in [1.29, 1.82) is 0 Å². The molecule has 4 rings (SSSR count). The molecule has 4 aromatic rings. The van der Waals surface area contributed by atoms with Crippen molar-refractivity contribution >= 4 is 54.8 Å². The smallest absolute Gasteiger partial charge is 0.156 e. The summed E-state index contributed by atoms with van der Waals surface area (Å²) in [7, 11) is 0. The van der Waals surface area contributed by atoms with Crippen LogP contribution in [0.1, 0.15) is 27.7 Å². The maximum atomic E-state index is 6.16. The first kappa shape index (κ1) is 16.7. The number of benzene rings is 2. The molecule has 4 heteroatoms. The Bertz CT molecular complexity index is 899. The van der Waals surface area contributed by atoms with Gasteiger partial charge in [-0.3, -0.25) is 0 Å². The fraction of sp³-hybridized carbons (Fsp3) is 0.222. The average molecular weight is 331 g/mol. The van der Waals surface area contributed by atoms with Gasteiger partial charge in [0.15, 0.2) is 5.15 Å². The first-order chi connectivity index (χ1) is 10.8. The number of nitrogens with zero attached hydrogens (tertiary/aromatic N) is 2. The largest absolute Gasteiger partial charge is 0.241 e. The number of hydrogen-bond donors (Lipinski definition) is 0. The number of halogens is 1. The summed E-state index contributed by atoms with van der Waals surface area (Å²) in [5.74, 6) is 0. The summed E-state index contributed by atoms with van der Waals surface area (Å²) in [5, 5.41) is 3.99. The monoisotopic (exact) mass is 330 g/mol. The predicted molar refractivity (Wildman–Crippen MR) is 100 cm³/mol. The first-order valence-electron chi connectivity index (χ1n) is 7.54. The van der Waals surface area contributed by atoms with Crippen LogP contribution in [0.15, 0.2) is 41.9 Å². The van der Waals surface area contributed by atoms with Gasteiger partial charge in [-0.15, -0.1) is 11.3 Å². The maximum Gasteiger partial charge on any atom is 0.156 e. The predicted octanol–water partition coefficient (Wildman–Crippen LogP) is 6.70. The molecule has 0 aliphatic rings. The number of hydrogen-bond acceptors (Lipinski definition) is 3. The van der Waals surface area contributed by atoms with Crippen molar-refractivity contribution in [3.8, 4) is 0 Å². The van der Waals surface area contributed by atoms with Gasteiger partial charge in [0, 0.05) is 5.39 Å². The Kier molecular flexibility index (Phi) is 5.69. The second-order valence-corrected chi connectivity index (χ2v) is 5.36. The molecule has 0 aliphatic heterocycles. The van der Waals surface area contributed by atoms with Crippen LogP contribution in [0.4, 0.5) is 0 Å². The van der Waals surface area contributed by atoms with Crippen LogP contribution in [0.3, 0.4) is 0 Å². The molecule has 114 valence electrons. The van der Waals surface area contributed by atoms with Gasteiger partial charge in [0.05, 0.1) is 15.7 Å². The molecule has 0 saturated carbocycles. The molecule has 22 heavy (non-hydrogen) atoms. The zero-order valence-electron chi connectivity index (χ0n) is 13.2. The topological polar surface area (TPSA) is 25.8 Å². The van der Waals surface area contributed by atoms with Gasteiger partial charge in [0.25, 0.3) is 0 Å². The molecule has 2 heterocycles. The van der Waals surface area contributed by atoms with Gasteiger partial charge in [0.2, 0.25) is 0 Å². The van der Waals surface area contributed by atoms with Crippen molar-refractivity contribution in [1.82, 2.24) is 9.97 Å². The van der Waals surface area contributed by atoms with Gasteiger partial charge in [0.1, 0.15) is 5.52 Å². The molecule has 0 bridgehead atoms. The molecule has 2 aromatic heterocycles. The summed E-state index contributed by atoms with van der Waals surface area (Å²) in [5.41, 5.74) is 3.53. The molecule has 2 nitrogen and oxygen atoms in total. The number of fused-ring (bicyclic) bond motifs is 4. The number of aromatic nitrogens is 2. The van der Waals surface area contributed by atoms with E-state index in [2.05, 4.69) is 34.2 Å². The molecular weight excluding hydrogens is 312 g/mol. The van der Waals surface area contributed by atoms with Gasteiger partial charge in [-0.05, 0) is 22.9 Å². The Labute approximate surface area is 139 Å².